The number of furan rings is 1. The van der Waals surface area contributed by atoms with Crippen LogP contribution in [0.2, 0.25) is 0 Å². The van der Waals surface area contributed by atoms with Crippen LogP contribution in [0.3, 0.4) is 0 Å². The molecule has 1 atom stereocenters. The van der Waals surface area contributed by atoms with Gasteiger partial charge in [0, 0.05) is 5.56 Å². The van der Waals surface area contributed by atoms with E-state index in [0.717, 1.165) is 28.2 Å². The Morgan fingerprint density at radius 3 is 1.84 bits per heavy atom. The van der Waals surface area contributed by atoms with Crippen molar-refractivity contribution in [3.8, 4) is 0 Å². The van der Waals surface area contributed by atoms with Gasteiger partial charge in [0.15, 0.2) is 0 Å². The monoisotopic (exact) mass is 276 g/mol. The lowest BCUT2D eigenvalue weighted by Gasteiger charge is -2.12. The molecule has 0 aliphatic carbocycles. The number of aryl methyl sites for hydroxylation is 2. The summed E-state index contributed by atoms with van der Waals surface area (Å²) in [5.41, 5.74) is 4.73. The molecule has 0 aliphatic rings. The summed E-state index contributed by atoms with van der Waals surface area (Å²) >= 11 is 6.63. The van der Waals surface area contributed by atoms with Crippen molar-refractivity contribution in [3.05, 3.63) is 58.0 Å². The summed E-state index contributed by atoms with van der Waals surface area (Å²) in [6.07, 6.45) is 0. The average Bonchev–Trinajstić information content (AvgIpc) is 2.62. The van der Waals surface area contributed by atoms with Gasteiger partial charge in [0.1, 0.15) is 11.5 Å². The van der Waals surface area contributed by atoms with Gasteiger partial charge in [-0.15, -0.1) is 11.6 Å². The first-order valence-corrected chi connectivity index (χ1v) is 7.15. The average molecular weight is 277 g/mol. The molecule has 0 bridgehead atoms. The SMILES string of the molecule is Cc1oc(C)c(C(Cl)c2ccc(C(C)C)cc2)c1C. The Hall–Kier alpha value is -1.21. The Bertz CT molecular complexity index is 564. The molecule has 0 spiro atoms. The van der Waals surface area contributed by atoms with Crippen molar-refractivity contribution in [2.24, 2.45) is 0 Å². The van der Waals surface area contributed by atoms with Gasteiger partial charge in [-0.1, -0.05) is 38.1 Å². The summed E-state index contributed by atoms with van der Waals surface area (Å²) in [5.74, 6) is 2.42. The zero-order valence-corrected chi connectivity index (χ0v) is 13.0. The van der Waals surface area contributed by atoms with E-state index >= 15 is 0 Å². The fourth-order valence-corrected chi connectivity index (χ4v) is 2.86. The van der Waals surface area contributed by atoms with Crippen LogP contribution in [0.4, 0.5) is 0 Å². The van der Waals surface area contributed by atoms with Crippen molar-refractivity contribution in [2.75, 3.05) is 0 Å². The predicted molar refractivity (Wildman–Crippen MR) is 81.1 cm³/mol. The molecule has 2 heteroatoms. The minimum absolute atomic E-state index is 0.140. The topological polar surface area (TPSA) is 13.1 Å². The van der Waals surface area contributed by atoms with Crippen LogP contribution in [-0.2, 0) is 0 Å². The van der Waals surface area contributed by atoms with Crippen LogP contribution in [0.1, 0.15) is 58.9 Å². The van der Waals surface area contributed by atoms with E-state index in [4.69, 9.17) is 16.0 Å². The molecule has 1 nitrogen and oxygen atoms in total. The highest BCUT2D eigenvalue weighted by molar-refractivity contribution is 6.22. The minimum atomic E-state index is -0.140. The van der Waals surface area contributed by atoms with E-state index < -0.39 is 0 Å². The summed E-state index contributed by atoms with van der Waals surface area (Å²) in [6.45, 7) is 10.4. The minimum Gasteiger partial charge on any atom is -0.466 e. The summed E-state index contributed by atoms with van der Waals surface area (Å²) in [4.78, 5) is 0. The molecule has 102 valence electrons. The standard InChI is InChI=1S/C17H21ClO/c1-10(2)14-6-8-15(9-7-14)17(18)16-11(3)12(4)19-13(16)5/h6-10,17H,1-5H3. The van der Waals surface area contributed by atoms with Gasteiger partial charge in [-0.2, -0.15) is 0 Å². The van der Waals surface area contributed by atoms with Crippen LogP contribution in [0, 0.1) is 20.8 Å². The van der Waals surface area contributed by atoms with Crippen molar-refractivity contribution >= 4 is 11.6 Å². The fraction of sp³-hybridized carbons (Fsp3) is 0.412. The first-order valence-electron chi connectivity index (χ1n) is 6.72. The van der Waals surface area contributed by atoms with Gasteiger partial charge in [0.2, 0.25) is 0 Å². The lowest BCUT2D eigenvalue weighted by molar-refractivity contribution is 0.500. The van der Waals surface area contributed by atoms with Gasteiger partial charge in [-0.3, -0.25) is 0 Å². The molecular weight excluding hydrogens is 256 g/mol. The molecule has 0 saturated carbocycles. The van der Waals surface area contributed by atoms with Crippen LogP contribution in [-0.4, -0.2) is 0 Å². The maximum absolute atomic E-state index is 6.63. The lowest BCUT2D eigenvalue weighted by atomic mass is 9.97. The summed E-state index contributed by atoms with van der Waals surface area (Å²) < 4.78 is 5.67. The third-order valence-electron chi connectivity index (χ3n) is 3.77. The number of hydrogen-bond acceptors (Lipinski definition) is 1. The normalized spacial score (nSPS) is 13.0. The van der Waals surface area contributed by atoms with Gasteiger partial charge < -0.3 is 4.42 Å². The number of halogens is 1. The van der Waals surface area contributed by atoms with E-state index in [2.05, 4.69) is 45.0 Å². The first kappa shape index (κ1) is 14.2. The maximum Gasteiger partial charge on any atom is 0.106 e. The molecule has 1 aromatic carbocycles. The molecule has 0 radical (unpaired) electrons. The highest BCUT2D eigenvalue weighted by atomic mass is 35.5. The second-order valence-corrected chi connectivity index (χ2v) is 5.87. The fourth-order valence-electron chi connectivity index (χ4n) is 2.40. The largest absolute Gasteiger partial charge is 0.466 e. The van der Waals surface area contributed by atoms with Crippen LogP contribution in [0.5, 0.6) is 0 Å². The molecule has 0 aliphatic heterocycles. The molecule has 1 heterocycles. The molecule has 0 N–H and O–H groups in total. The third-order valence-corrected chi connectivity index (χ3v) is 4.24. The van der Waals surface area contributed by atoms with Gasteiger partial charge in [-0.05, 0) is 43.4 Å². The Labute approximate surface area is 120 Å². The molecular formula is C17H21ClO. The number of hydrogen-bond donors (Lipinski definition) is 0. The second kappa shape index (κ2) is 5.42. The second-order valence-electron chi connectivity index (χ2n) is 5.44. The predicted octanol–water partition coefficient (Wildman–Crippen LogP) is 5.66. The van der Waals surface area contributed by atoms with E-state index in [1.165, 1.54) is 5.56 Å². The number of alkyl halides is 1. The number of benzene rings is 1. The highest BCUT2D eigenvalue weighted by Crippen LogP contribution is 2.36. The molecule has 1 aromatic heterocycles. The molecule has 0 fully saturated rings. The van der Waals surface area contributed by atoms with Gasteiger partial charge in [0.05, 0.1) is 5.38 Å². The Kier molecular flexibility index (Phi) is 4.05. The van der Waals surface area contributed by atoms with Crippen molar-refractivity contribution in [1.82, 2.24) is 0 Å². The molecule has 2 rings (SSSR count). The third kappa shape index (κ3) is 2.71. The van der Waals surface area contributed by atoms with Crippen molar-refractivity contribution in [3.63, 3.8) is 0 Å². The Morgan fingerprint density at radius 2 is 1.42 bits per heavy atom. The number of rotatable bonds is 3. The van der Waals surface area contributed by atoms with E-state index in [1.54, 1.807) is 0 Å². The summed E-state index contributed by atoms with van der Waals surface area (Å²) in [6, 6.07) is 8.56. The maximum atomic E-state index is 6.63. The van der Waals surface area contributed by atoms with Crippen LogP contribution >= 0.6 is 11.6 Å². The van der Waals surface area contributed by atoms with Gasteiger partial charge >= 0.3 is 0 Å². The van der Waals surface area contributed by atoms with E-state index in [9.17, 15) is 0 Å². The molecule has 19 heavy (non-hydrogen) atoms. The van der Waals surface area contributed by atoms with Gasteiger partial charge in [0.25, 0.3) is 0 Å². The van der Waals surface area contributed by atoms with Crippen LogP contribution in [0.25, 0.3) is 0 Å². The zero-order chi connectivity index (χ0) is 14.2. The van der Waals surface area contributed by atoms with E-state index in [1.807, 2.05) is 13.8 Å². The lowest BCUT2D eigenvalue weighted by Crippen LogP contribution is -1.97. The summed E-state index contributed by atoms with van der Waals surface area (Å²) in [5, 5.41) is -0.140. The summed E-state index contributed by atoms with van der Waals surface area (Å²) in [7, 11) is 0. The van der Waals surface area contributed by atoms with Gasteiger partial charge in [-0.25, -0.2) is 0 Å². The highest BCUT2D eigenvalue weighted by Gasteiger charge is 2.20. The van der Waals surface area contributed by atoms with Crippen LogP contribution in [0.15, 0.2) is 28.7 Å². The molecule has 0 saturated heterocycles. The van der Waals surface area contributed by atoms with Crippen molar-refractivity contribution < 1.29 is 4.42 Å². The smallest absolute Gasteiger partial charge is 0.106 e. The van der Waals surface area contributed by atoms with E-state index in [-0.39, 0.29) is 5.38 Å². The first-order chi connectivity index (χ1) is 8.91. The van der Waals surface area contributed by atoms with Crippen molar-refractivity contribution in [2.45, 2.75) is 45.9 Å². The van der Waals surface area contributed by atoms with E-state index in [0.29, 0.717) is 5.92 Å². The van der Waals surface area contributed by atoms with Crippen molar-refractivity contribution in [1.29, 1.82) is 0 Å². The zero-order valence-electron chi connectivity index (χ0n) is 12.3. The molecule has 2 aromatic rings. The van der Waals surface area contributed by atoms with Crippen LogP contribution < -0.4 is 0 Å². The Balaban J connectivity index is 2.36. The molecule has 1 unspecified atom stereocenters. The quantitative estimate of drug-likeness (QED) is 0.660. The molecule has 0 amide bonds. The Morgan fingerprint density at radius 1 is 0.895 bits per heavy atom.